The van der Waals surface area contributed by atoms with E-state index in [0.717, 1.165) is 18.6 Å². The summed E-state index contributed by atoms with van der Waals surface area (Å²) in [6, 6.07) is 5.05. The first-order valence-corrected chi connectivity index (χ1v) is 6.98. The molecule has 0 spiro atoms. The first-order chi connectivity index (χ1) is 10.2. The Kier molecular flexibility index (Phi) is 3.64. The average molecular weight is 286 g/mol. The number of carbonyl (C=O) groups excluding carboxylic acids is 1. The molecule has 3 rings (SSSR count). The summed E-state index contributed by atoms with van der Waals surface area (Å²) < 4.78 is 10.3. The van der Waals surface area contributed by atoms with Crippen LogP contribution in [0.5, 0.6) is 11.5 Å². The molecule has 1 amide bonds. The predicted molar refractivity (Wildman–Crippen MR) is 79.8 cm³/mol. The Morgan fingerprint density at radius 1 is 1.29 bits per heavy atom. The van der Waals surface area contributed by atoms with E-state index in [0.29, 0.717) is 28.9 Å². The minimum absolute atomic E-state index is 0.238. The van der Waals surface area contributed by atoms with E-state index in [2.05, 4.69) is 22.7 Å². The van der Waals surface area contributed by atoms with Gasteiger partial charge in [-0.05, 0) is 37.0 Å². The third-order valence-electron chi connectivity index (χ3n) is 4.11. The molecule has 2 atom stereocenters. The van der Waals surface area contributed by atoms with E-state index in [1.165, 1.54) is 0 Å². The summed E-state index contributed by atoms with van der Waals surface area (Å²) in [7, 11) is 3.10. The molecule has 5 nitrogen and oxygen atoms in total. The highest BCUT2D eigenvalue weighted by Gasteiger charge is 2.38. The molecule has 1 saturated carbocycles. The Labute approximate surface area is 123 Å². The zero-order valence-corrected chi connectivity index (χ0v) is 12.1. The third-order valence-corrected chi connectivity index (χ3v) is 4.11. The van der Waals surface area contributed by atoms with Crippen LogP contribution in [0.2, 0.25) is 0 Å². The lowest BCUT2D eigenvalue weighted by atomic mass is 9.74. The van der Waals surface area contributed by atoms with Gasteiger partial charge in [-0.25, -0.2) is 5.43 Å². The second-order valence-electron chi connectivity index (χ2n) is 5.25. The monoisotopic (exact) mass is 286 g/mol. The van der Waals surface area contributed by atoms with E-state index in [-0.39, 0.29) is 5.91 Å². The number of ether oxygens (including phenoxy) is 2. The van der Waals surface area contributed by atoms with E-state index in [1.807, 2.05) is 0 Å². The lowest BCUT2D eigenvalue weighted by molar-refractivity contribution is 0.0953. The highest BCUT2D eigenvalue weighted by Crippen LogP contribution is 2.40. The van der Waals surface area contributed by atoms with Crippen molar-refractivity contribution in [2.75, 3.05) is 14.2 Å². The number of allylic oxidation sites excluding steroid dienone is 2. The van der Waals surface area contributed by atoms with Crippen LogP contribution in [0.15, 0.2) is 35.5 Å². The molecule has 1 fully saturated rings. The second-order valence-corrected chi connectivity index (χ2v) is 5.25. The lowest BCUT2D eigenvalue weighted by Gasteiger charge is -2.31. The van der Waals surface area contributed by atoms with Crippen molar-refractivity contribution in [1.29, 1.82) is 0 Å². The molecule has 1 aromatic carbocycles. The Bertz CT molecular complexity index is 622. The largest absolute Gasteiger partial charge is 0.493 e. The lowest BCUT2D eigenvalue weighted by Crippen LogP contribution is -2.35. The van der Waals surface area contributed by atoms with Crippen LogP contribution >= 0.6 is 0 Å². The molecule has 1 aromatic rings. The van der Waals surface area contributed by atoms with Crippen LogP contribution < -0.4 is 14.9 Å². The second kappa shape index (κ2) is 5.60. The molecule has 0 bridgehead atoms. The van der Waals surface area contributed by atoms with Crippen LogP contribution in [0, 0.1) is 11.8 Å². The summed E-state index contributed by atoms with van der Waals surface area (Å²) in [6.07, 6.45) is 6.41. The zero-order valence-electron chi connectivity index (χ0n) is 12.1. The van der Waals surface area contributed by atoms with Gasteiger partial charge in [0.2, 0.25) is 0 Å². The minimum atomic E-state index is -0.238. The summed E-state index contributed by atoms with van der Waals surface area (Å²) >= 11 is 0. The molecular formula is C16H18N2O3. The molecule has 0 aromatic heterocycles. The smallest absolute Gasteiger partial charge is 0.271 e. The fourth-order valence-electron chi connectivity index (χ4n) is 2.83. The number of methoxy groups -OCH3 is 2. The van der Waals surface area contributed by atoms with Gasteiger partial charge in [0.1, 0.15) is 0 Å². The van der Waals surface area contributed by atoms with Gasteiger partial charge in [0.25, 0.3) is 5.91 Å². The van der Waals surface area contributed by atoms with E-state index in [9.17, 15) is 4.79 Å². The SMILES string of the molecule is COc1ccc(C(=O)N/N=C2/C[C@@H]3C=CC[C@@H]23)cc1OC. The molecule has 2 aliphatic carbocycles. The van der Waals surface area contributed by atoms with Crippen LogP contribution in [-0.2, 0) is 0 Å². The normalized spacial score (nSPS) is 24.4. The van der Waals surface area contributed by atoms with Gasteiger partial charge in [0.15, 0.2) is 11.5 Å². The molecule has 0 aliphatic heterocycles. The van der Waals surface area contributed by atoms with Crippen LogP contribution in [-0.4, -0.2) is 25.8 Å². The van der Waals surface area contributed by atoms with Gasteiger partial charge >= 0.3 is 0 Å². The maximum Gasteiger partial charge on any atom is 0.271 e. The van der Waals surface area contributed by atoms with Crippen molar-refractivity contribution >= 4 is 11.6 Å². The number of hydrazone groups is 1. The Morgan fingerprint density at radius 3 is 2.81 bits per heavy atom. The number of amides is 1. The van der Waals surface area contributed by atoms with Crippen molar-refractivity contribution in [2.45, 2.75) is 12.8 Å². The van der Waals surface area contributed by atoms with E-state index in [4.69, 9.17) is 9.47 Å². The topological polar surface area (TPSA) is 59.9 Å². The summed E-state index contributed by atoms with van der Waals surface area (Å²) in [5.74, 6) is 2.01. The maximum atomic E-state index is 12.1. The summed E-state index contributed by atoms with van der Waals surface area (Å²) in [4.78, 5) is 12.1. The number of carbonyl (C=O) groups is 1. The number of rotatable bonds is 4. The third kappa shape index (κ3) is 2.51. The standard InChI is InChI=1S/C16H18N2O3/c1-20-14-7-6-11(9-15(14)21-2)16(19)18-17-13-8-10-4-3-5-12(10)13/h3-4,6-7,9-10,12H,5,8H2,1-2H3,(H,18,19)/b17-13-/t10-,12+/m0/s1. The molecule has 5 heteroatoms. The molecule has 0 heterocycles. The van der Waals surface area contributed by atoms with Crippen LogP contribution in [0.1, 0.15) is 23.2 Å². The quantitative estimate of drug-likeness (QED) is 0.683. The number of hydrogen-bond donors (Lipinski definition) is 1. The van der Waals surface area contributed by atoms with Gasteiger partial charge < -0.3 is 9.47 Å². The maximum absolute atomic E-state index is 12.1. The van der Waals surface area contributed by atoms with Gasteiger partial charge in [-0.3, -0.25) is 4.79 Å². The number of benzene rings is 1. The molecule has 21 heavy (non-hydrogen) atoms. The van der Waals surface area contributed by atoms with Crippen molar-refractivity contribution in [1.82, 2.24) is 5.43 Å². The van der Waals surface area contributed by atoms with Gasteiger partial charge in [-0.15, -0.1) is 0 Å². The van der Waals surface area contributed by atoms with Gasteiger partial charge in [0, 0.05) is 17.2 Å². The van der Waals surface area contributed by atoms with Crippen molar-refractivity contribution < 1.29 is 14.3 Å². The molecule has 0 radical (unpaired) electrons. The number of fused-ring (bicyclic) bond motifs is 1. The first kappa shape index (κ1) is 13.7. The van der Waals surface area contributed by atoms with Gasteiger partial charge in [-0.1, -0.05) is 12.2 Å². The Hall–Kier alpha value is -2.30. The molecular weight excluding hydrogens is 268 g/mol. The van der Waals surface area contributed by atoms with Crippen molar-refractivity contribution in [2.24, 2.45) is 16.9 Å². The fraction of sp³-hybridized carbons (Fsp3) is 0.375. The van der Waals surface area contributed by atoms with Crippen LogP contribution in [0.4, 0.5) is 0 Å². The number of nitrogens with one attached hydrogen (secondary N) is 1. The molecule has 110 valence electrons. The number of nitrogens with zero attached hydrogens (tertiary/aromatic N) is 1. The fourth-order valence-corrected chi connectivity index (χ4v) is 2.83. The Balaban J connectivity index is 1.67. The van der Waals surface area contributed by atoms with Crippen LogP contribution in [0.3, 0.4) is 0 Å². The number of hydrogen-bond acceptors (Lipinski definition) is 4. The molecule has 1 N–H and O–H groups in total. The van der Waals surface area contributed by atoms with Crippen LogP contribution in [0.25, 0.3) is 0 Å². The highest BCUT2D eigenvalue weighted by molar-refractivity contribution is 5.98. The van der Waals surface area contributed by atoms with Crippen molar-refractivity contribution in [3.63, 3.8) is 0 Å². The van der Waals surface area contributed by atoms with Gasteiger partial charge in [-0.2, -0.15) is 5.10 Å². The summed E-state index contributed by atoms with van der Waals surface area (Å²) in [5, 5.41) is 4.25. The first-order valence-electron chi connectivity index (χ1n) is 6.98. The minimum Gasteiger partial charge on any atom is -0.493 e. The van der Waals surface area contributed by atoms with Crippen molar-refractivity contribution in [3.05, 3.63) is 35.9 Å². The summed E-state index contributed by atoms with van der Waals surface area (Å²) in [5.41, 5.74) is 4.21. The van der Waals surface area contributed by atoms with Crippen molar-refractivity contribution in [3.8, 4) is 11.5 Å². The predicted octanol–water partition coefficient (Wildman–Crippen LogP) is 2.39. The average Bonchev–Trinajstić information content (AvgIpc) is 2.87. The zero-order chi connectivity index (χ0) is 14.8. The molecule has 0 saturated heterocycles. The van der Waals surface area contributed by atoms with Gasteiger partial charge in [0.05, 0.1) is 14.2 Å². The molecule has 0 unspecified atom stereocenters. The highest BCUT2D eigenvalue weighted by atomic mass is 16.5. The summed E-state index contributed by atoms with van der Waals surface area (Å²) in [6.45, 7) is 0. The van der Waals surface area contributed by atoms with E-state index in [1.54, 1.807) is 32.4 Å². The molecule has 2 aliphatic rings. The van der Waals surface area contributed by atoms with E-state index < -0.39 is 0 Å². The van der Waals surface area contributed by atoms with E-state index >= 15 is 0 Å². The Morgan fingerprint density at radius 2 is 2.10 bits per heavy atom.